The number of hydrogen-bond acceptors (Lipinski definition) is 2. The van der Waals surface area contributed by atoms with Gasteiger partial charge in [0.25, 0.3) is 0 Å². The molecule has 1 atom stereocenters. The molecule has 0 saturated carbocycles. The molecule has 10 aromatic rings. The molecule has 3 heteroatoms. The Bertz CT molecular complexity index is 3400. The Morgan fingerprint density at radius 2 is 0.955 bits per heavy atom. The van der Waals surface area contributed by atoms with E-state index in [-0.39, 0.29) is 11.5 Å². The maximum absolute atomic E-state index is 6.04. The average molecular weight is 869 g/mol. The molecule has 1 aliphatic rings. The lowest BCUT2D eigenvalue weighted by Crippen LogP contribution is -2.16. The van der Waals surface area contributed by atoms with Crippen molar-refractivity contribution in [3.63, 3.8) is 0 Å². The first-order chi connectivity index (χ1) is 32.6. The smallest absolute Gasteiger partial charge is 0.119 e. The van der Waals surface area contributed by atoms with E-state index in [0.717, 1.165) is 34.9 Å². The van der Waals surface area contributed by atoms with Gasteiger partial charge in [0.2, 0.25) is 0 Å². The van der Waals surface area contributed by atoms with Crippen LogP contribution in [0.4, 0.5) is 17.1 Å². The van der Waals surface area contributed by atoms with Crippen LogP contribution < -0.4 is 9.64 Å². The second-order valence-corrected chi connectivity index (χ2v) is 19.1. The predicted molar refractivity (Wildman–Crippen MR) is 284 cm³/mol. The maximum atomic E-state index is 6.04. The van der Waals surface area contributed by atoms with Crippen molar-refractivity contribution in [2.24, 2.45) is 0 Å². The van der Waals surface area contributed by atoms with E-state index in [1.165, 1.54) is 83.0 Å². The minimum atomic E-state index is -0.110. The lowest BCUT2D eigenvalue weighted by atomic mass is 9.82. The lowest BCUT2D eigenvalue weighted by Gasteiger charge is -2.28. The van der Waals surface area contributed by atoms with Gasteiger partial charge in [0.05, 0.1) is 17.1 Å². The second kappa shape index (κ2) is 17.0. The van der Waals surface area contributed by atoms with Gasteiger partial charge < -0.3 is 14.2 Å². The highest BCUT2D eigenvalue weighted by atomic mass is 16.5. The first-order valence-electron chi connectivity index (χ1n) is 23.9. The number of ether oxygens (including phenoxy) is 1. The van der Waals surface area contributed by atoms with Crippen molar-refractivity contribution >= 4 is 38.9 Å². The molecule has 0 amide bonds. The van der Waals surface area contributed by atoms with Crippen LogP contribution in [0, 0.1) is 0 Å². The Kier molecular flexibility index (Phi) is 10.7. The van der Waals surface area contributed by atoms with Gasteiger partial charge in [-0.2, -0.15) is 0 Å². The molecule has 0 N–H and O–H groups in total. The van der Waals surface area contributed by atoms with Crippen molar-refractivity contribution in [2.75, 3.05) is 4.90 Å². The summed E-state index contributed by atoms with van der Waals surface area (Å²) >= 11 is 0. The van der Waals surface area contributed by atoms with Crippen molar-refractivity contribution in [1.29, 1.82) is 0 Å². The minimum absolute atomic E-state index is 0.110. The van der Waals surface area contributed by atoms with Crippen molar-refractivity contribution in [3.8, 4) is 55.9 Å². The van der Waals surface area contributed by atoms with E-state index in [1.54, 1.807) is 0 Å². The Morgan fingerprint density at radius 3 is 1.54 bits per heavy atom. The van der Waals surface area contributed by atoms with E-state index in [9.17, 15) is 0 Å². The van der Waals surface area contributed by atoms with Crippen LogP contribution >= 0.6 is 0 Å². The summed E-state index contributed by atoms with van der Waals surface area (Å²) in [6.07, 6.45) is 1.24. The van der Waals surface area contributed by atoms with Crippen LogP contribution in [0.25, 0.3) is 72.0 Å². The van der Waals surface area contributed by atoms with Crippen LogP contribution in [-0.2, 0) is 5.41 Å². The van der Waals surface area contributed by atoms with Crippen LogP contribution in [0.5, 0.6) is 5.75 Å². The van der Waals surface area contributed by atoms with E-state index < -0.39 is 0 Å². The largest absolute Gasteiger partial charge is 0.491 e. The zero-order chi connectivity index (χ0) is 45.8. The van der Waals surface area contributed by atoms with Crippen LogP contribution in [-0.4, -0.2) is 10.7 Å². The first kappa shape index (κ1) is 42.0. The molecular formula is C64H56N2O. The average Bonchev–Trinajstić information content (AvgIpc) is 3.81. The standard InChI is InChI=1S/C64H56N2O/c1-7-43(4)44-17-19-47(20-18-44)49-25-37-62-58(39-49)59-40-50(26-38-63(59)66(62)53-31-34-55(35-32-53)67-42(2)3)48-23-29-52(30-24-48)65(51-27-21-46(22-28-51)45-13-9-8-10-14-45)54-33-36-57-56-15-11-12-16-60(56)64(5,6)61(57)41-54/h8-43H,7H2,1-6H3. The summed E-state index contributed by atoms with van der Waals surface area (Å²) in [6, 6.07) is 76.2. The SMILES string of the molecule is CCC(C)c1ccc(-c2ccc3c(c2)c2cc(-c4ccc(N(c5ccc(-c6ccccc6)cc5)c5ccc6c(c5)C(C)(C)c5ccccc5-6)cc4)ccc2n3-c2ccc(OC(C)C)cc2)cc1. The van der Waals surface area contributed by atoms with Crippen molar-refractivity contribution in [1.82, 2.24) is 4.57 Å². The summed E-state index contributed by atoms with van der Waals surface area (Å²) in [5.41, 5.74) is 20.7. The van der Waals surface area contributed by atoms with E-state index >= 15 is 0 Å². The molecule has 67 heavy (non-hydrogen) atoms. The van der Waals surface area contributed by atoms with Gasteiger partial charge in [0.15, 0.2) is 0 Å². The third-order valence-corrected chi connectivity index (χ3v) is 14.2. The van der Waals surface area contributed by atoms with E-state index in [1.807, 2.05) is 0 Å². The fourth-order valence-electron chi connectivity index (χ4n) is 10.4. The number of rotatable bonds is 11. The zero-order valence-electron chi connectivity index (χ0n) is 39.3. The molecule has 0 aliphatic heterocycles. The van der Waals surface area contributed by atoms with Gasteiger partial charge in [-0.25, -0.2) is 0 Å². The van der Waals surface area contributed by atoms with E-state index in [0.29, 0.717) is 5.92 Å². The molecule has 3 nitrogen and oxygen atoms in total. The molecule has 1 aliphatic carbocycles. The summed E-state index contributed by atoms with van der Waals surface area (Å²) in [4.78, 5) is 2.41. The Hall–Kier alpha value is -7.62. The Labute approximate surface area is 395 Å². The van der Waals surface area contributed by atoms with E-state index in [2.05, 4.69) is 257 Å². The Morgan fingerprint density at radius 1 is 0.463 bits per heavy atom. The summed E-state index contributed by atoms with van der Waals surface area (Å²) in [5.74, 6) is 1.42. The molecule has 0 spiro atoms. The van der Waals surface area contributed by atoms with Gasteiger partial charge in [0.1, 0.15) is 5.75 Å². The fraction of sp³-hybridized carbons (Fsp3) is 0.156. The molecule has 11 rings (SSSR count). The number of aromatic nitrogens is 1. The van der Waals surface area contributed by atoms with Gasteiger partial charge in [-0.1, -0.05) is 149 Å². The highest BCUT2D eigenvalue weighted by Crippen LogP contribution is 2.51. The molecule has 0 fully saturated rings. The van der Waals surface area contributed by atoms with Crippen LogP contribution in [0.3, 0.4) is 0 Å². The molecule has 328 valence electrons. The molecule has 1 unspecified atom stereocenters. The number of hydrogen-bond donors (Lipinski definition) is 0. The number of fused-ring (bicyclic) bond motifs is 6. The summed E-state index contributed by atoms with van der Waals surface area (Å²) in [7, 11) is 0. The van der Waals surface area contributed by atoms with Crippen molar-refractivity contribution < 1.29 is 4.74 Å². The fourth-order valence-corrected chi connectivity index (χ4v) is 10.4. The molecule has 1 heterocycles. The molecule has 0 radical (unpaired) electrons. The van der Waals surface area contributed by atoms with Crippen LogP contribution in [0.1, 0.15) is 70.6 Å². The molecule has 1 aromatic heterocycles. The second-order valence-electron chi connectivity index (χ2n) is 19.1. The van der Waals surface area contributed by atoms with Crippen LogP contribution in [0.2, 0.25) is 0 Å². The predicted octanol–water partition coefficient (Wildman–Crippen LogP) is 17.9. The number of nitrogens with zero attached hydrogens (tertiary/aromatic N) is 2. The van der Waals surface area contributed by atoms with Crippen LogP contribution in [0.15, 0.2) is 206 Å². The number of anilines is 3. The molecular weight excluding hydrogens is 813 g/mol. The number of benzene rings is 9. The van der Waals surface area contributed by atoms with E-state index in [4.69, 9.17) is 4.74 Å². The summed E-state index contributed by atoms with van der Waals surface area (Å²) in [5, 5.41) is 2.45. The summed E-state index contributed by atoms with van der Waals surface area (Å²) < 4.78 is 8.43. The van der Waals surface area contributed by atoms with Gasteiger partial charge in [-0.15, -0.1) is 0 Å². The van der Waals surface area contributed by atoms with Gasteiger partial charge >= 0.3 is 0 Å². The molecule has 0 bridgehead atoms. The zero-order valence-corrected chi connectivity index (χ0v) is 39.3. The minimum Gasteiger partial charge on any atom is -0.491 e. The normalized spacial score (nSPS) is 13.2. The molecule has 0 saturated heterocycles. The quantitative estimate of drug-likeness (QED) is 0.129. The maximum Gasteiger partial charge on any atom is 0.119 e. The first-order valence-corrected chi connectivity index (χ1v) is 23.9. The monoisotopic (exact) mass is 868 g/mol. The third-order valence-electron chi connectivity index (χ3n) is 14.2. The van der Waals surface area contributed by atoms with Crippen molar-refractivity contribution in [2.45, 2.75) is 65.4 Å². The lowest BCUT2D eigenvalue weighted by molar-refractivity contribution is 0.242. The van der Waals surface area contributed by atoms with Gasteiger partial charge in [-0.05, 0) is 172 Å². The molecule has 9 aromatic carbocycles. The summed E-state index contributed by atoms with van der Waals surface area (Å²) in [6.45, 7) is 13.4. The highest BCUT2D eigenvalue weighted by Gasteiger charge is 2.35. The highest BCUT2D eigenvalue weighted by molar-refractivity contribution is 6.11. The van der Waals surface area contributed by atoms with Gasteiger partial charge in [-0.3, -0.25) is 0 Å². The Balaban J connectivity index is 1.00. The third kappa shape index (κ3) is 7.59. The topological polar surface area (TPSA) is 17.4 Å². The van der Waals surface area contributed by atoms with Crippen molar-refractivity contribution in [3.05, 3.63) is 223 Å². The van der Waals surface area contributed by atoms with Gasteiger partial charge in [0, 0.05) is 38.9 Å².